The Morgan fingerprint density at radius 1 is 1.38 bits per heavy atom. The van der Waals surface area contributed by atoms with Crippen LogP contribution in [0.3, 0.4) is 0 Å². The molecule has 2 rings (SSSR count). The van der Waals surface area contributed by atoms with E-state index in [0.29, 0.717) is 5.92 Å². The summed E-state index contributed by atoms with van der Waals surface area (Å²) in [6.45, 7) is 2.61. The first-order chi connectivity index (χ1) is 7.88. The van der Waals surface area contributed by atoms with Crippen LogP contribution in [0.5, 0.6) is 0 Å². The molecule has 0 bridgehead atoms. The van der Waals surface area contributed by atoms with Gasteiger partial charge in [0.1, 0.15) is 0 Å². The highest BCUT2D eigenvalue weighted by molar-refractivity contribution is 4.89. The van der Waals surface area contributed by atoms with E-state index in [1.807, 2.05) is 7.05 Å². The zero-order valence-corrected chi connectivity index (χ0v) is 9.74. The zero-order valence-electron chi connectivity index (χ0n) is 9.74. The molecular formula is C11H19N3O2. The monoisotopic (exact) mass is 225 g/mol. The van der Waals surface area contributed by atoms with Crippen LogP contribution >= 0.6 is 0 Å². The van der Waals surface area contributed by atoms with Crippen LogP contribution < -0.4 is 5.32 Å². The number of ether oxygens (including phenoxy) is 1. The lowest BCUT2D eigenvalue weighted by Crippen LogP contribution is -2.18. The van der Waals surface area contributed by atoms with Gasteiger partial charge in [0.2, 0.25) is 5.89 Å². The summed E-state index contributed by atoms with van der Waals surface area (Å²) in [5.74, 6) is 2.23. The second-order valence-corrected chi connectivity index (χ2v) is 4.22. The molecule has 0 aromatic carbocycles. The highest BCUT2D eigenvalue weighted by Crippen LogP contribution is 2.18. The van der Waals surface area contributed by atoms with Crippen molar-refractivity contribution in [3.05, 3.63) is 11.7 Å². The van der Waals surface area contributed by atoms with Crippen molar-refractivity contribution in [1.82, 2.24) is 15.5 Å². The van der Waals surface area contributed by atoms with E-state index in [1.165, 1.54) is 0 Å². The van der Waals surface area contributed by atoms with Crippen LogP contribution in [-0.2, 0) is 17.6 Å². The SMILES string of the molecule is CNCCc1nc(CC2CCOCC2)no1. The van der Waals surface area contributed by atoms with Crippen LogP contribution in [-0.4, -0.2) is 36.9 Å². The molecule has 5 nitrogen and oxygen atoms in total. The third-order valence-corrected chi connectivity index (χ3v) is 2.91. The first-order valence-corrected chi connectivity index (χ1v) is 5.92. The fraction of sp³-hybridized carbons (Fsp3) is 0.818. The number of nitrogens with zero attached hydrogens (tertiary/aromatic N) is 2. The molecule has 0 saturated carbocycles. The molecule has 1 saturated heterocycles. The second-order valence-electron chi connectivity index (χ2n) is 4.22. The molecule has 0 amide bonds. The van der Waals surface area contributed by atoms with Gasteiger partial charge in [-0.1, -0.05) is 5.16 Å². The Labute approximate surface area is 95.6 Å². The number of nitrogens with one attached hydrogen (secondary N) is 1. The lowest BCUT2D eigenvalue weighted by molar-refractivity contribution is 0.0658. The Morgan fingerprint density at radius 3 is 2.94 bits per heavy atom. The number of hydrogen-bond acceptors (Lipinski definition) is 5. The topological polar surface area (TPSA) is 60.2 Å². The van der Waals surface area contributed by atoms with Crippen LogP contribution in [0, 0.1) is 5.92 Å². The minimum Gasteiger partial charge on any atom is -0.381 e. The van der Waals surface area contributed by atoms with Gasteiger partial charge in [-0.2, -0.15) is 4.98 Å². The van der Waals surface area contributed by atoms with Crippen LogP contribution in [0.25, 0.3) is 0 Å². The summed E-state index contributed by atoms with van der Waals surface area (Å²) in [6, 6.07) is 0. The molecule has 1 N–H and O–H groups in total. The van der Waals surface area contributed by atoms with Crippen molar-refractivity contribution in [2.75, 3.05) is 26.8 Å². The van der Waals surface area contributed by atoms with Crippen LogP contribution in [0.1, 0.15) is 24.6 Å². The normalized spacial score (nSPS) is 17.8. The van der Waals surface area contributed by atoms with E-state index >= 15 is 0 Å². The summed E-state index contributed by atoms with van der Waals surface area (Å²) >= 11 is 0. The Kier molecular flexibility index (Phi) is 4.30. The number of hydrogen-bond donors (Lipinski definition) is 1. The maximum Gasteiger partial charge on any atom is 0.227 e. The highest BCUT2D eigenvalue weighted by Gasteiger charge is 2.17. The van der Waals surface area contributed by atoms with Crippen molar-refractivity contribution in [2.24, 2.45) is 5.92 Å². The fourth-order valence-electron chi connectivity index (χ4n) is 1.92. The van der Waals surface area contributed by atoms with Gasteiger partial charge in [-0.15, -0.1) is 0 Å². The zero-order chi connectivity index (χ0) is 11.2. The summed E-state index contributed by atoms with van der Waals surface area (Å²) in [5.41, 5.74) is 0. The molecule has 0 spiro atoms. The number of rotatable bonds is 5. The average Bonchev–Trinajstić information content (AvgIpc) is 2.75. The van der Waals surface area contributed by atoms with E-state index in [2.05, 4.69) is 15.5 Å². The van der Waals surface area contributed by atoms with Crippen molar-refractivity contribution in [3.63, 3.8) is 0 Å². The first-order valence-electron chi connectivity index (χ1n) is 5.92. The van der Waals surface area contributed by atoms with Gasteiger partial charge < -0.3 is 14.6 Å². The van der Waals surface area contributed by atoms with E-state index in [0.717, 1.165) is 57.2 Å². The van der Waals surface area contributed by atoms with Gasteiger partial charge in [-0.3, -0.25) is 0 Å². The predicted octanol–water partition coefficient (Wildman–Crippen LogP) is 0.801. The van der Waals surface area contributed by atoms with Crippen molar-refractivity contribution >= 4 is 0 Å². The summed E-state index contributed by atoms with van der Waals surface area (Å²) in [6.07, 6.45) is 3.95. The Balaban J connectivity index is 1.81. The third-order valence-electron chi connectivity index (χ3n) is 2.91. The molecule has 16 heavy (non-hydrogen) atoms. The van der Waals surface area contributed by atoms with E-state index in [9.17, 15) is 0 Å². The highest BCUT2D eigenvalue weighted by atomic mass is 16.5. The Hall–Kier alpha value is -0.940. The van der Waals surface area contributed by atoms with Crippen LogP contribution in [0.15, 0.2) is 4.52 Å². The van der Waals surface area contributed by atoms with Gasteiger partial charge in [0.25, 0.3) is 0 Å². The first kappa shape index (κ1) is 11.5. The van der Waals surface area contributed by atoms with E-state index in [4.69, 9.17) is 9.26 Å². The third kappa shape index (κ3) is 3.28. The number of likely N-dealkylation sites (N-methyl/N-ethyl adjacent to an activating group) is 1. The maximum atomic E-state index is 5.32. The molecule has 0 unspecified atom stereocenters. The largest absolute Gasteiger partial charge is 0.381 e. The summed E-state index contributed by atoms with van der Waals surface area (Å²) < 4.78 is 10.5. The molecule has 1 aromatic heterocycles. The molecule has 0 aliphatic carbocycles. The Bertz CT molecular complexity index is 308. The number of aromatic nitrogens is 2. The van der Waals surface area contributed by atoms with E-state index in [1.54, 1.807) is 0 Å². The summed E-state index contributed by atoms with van der Waals surface area (Å²) in [5, 5.41) is 7.07. The van der Waals surface area contributed by atoms with Gasteiger partial charge in [0.05, 0.1) is 0 Å². The van der Waals surface area contributed by atoms with Crippen LogP contribution in [0.4, 0.5) is 0 Å². The average molecular weight is 225 g/mol. The van der Waals surface area contributed by atoms with Crippen molar-refractivity contribution < 1.29 is 9.26 Å². The molecule has 0 atom stereocenters. The predicted molar refractivity (Wildman–Crippen MR) is 59.2 cm³/mol. The Morgan fingerprint density at radius 2 is 2.19 bits per heavy atom. The molecule has 90 valence electrons. The quantitative estimate of drug-likeness (QED) is 0.803. The molecule has 1 aliphatic heterocycles. The van der Waals surface area contributed by atoms with Gasteiger partial charge in [0, 0.05) is 32.6 Å². The molecule has 5 heteroatoms. The van der Waals surface area contributed by atoms with Crippen molar-refractivity contribution in [1.29, 1.82) is 0 Å². The maximum absolute atomic E-state index is 5.32. The smallest absolute Gasteiger partial charge is 0.227 e. The van der Waals surface area contributed by atoms with Gasteiger partial charge in [0.15, 0.2) is 5.82 Å². The standard InChI is InChI=1S/C11H19N3O2/c1-12-5-2-11-13-10(14-16-11)8-9-3-6-15-7-4-9/h9,12H,2-8H2,1H3. The molecule has 1 fully saturated rings. The molecule has 1 aliphatic rings. The minimum absolute atomic E-state index is 0.656. The second kappa shape index (κ2) is 5.96. The fourth-order valence-corrected chi connectivity index (χ4v) is 1.92. The summed E-state index contributed by atoms with van der Waals surface area (Å²) in [7, 11) is 1.92. The van der Waals surface area contributed by atoms with Crippen molar-refractivity contribution in [3.8, 4) is 0 Å². The lowest BCUT2D eigenvalue weighted by Gasteiger charge is -2.20. The van der Waals surface area contributed by atoms with Crippen molar-refractivity contribution in [2.45, 2.75) is 25.7 Å². The van der Waals surface area contributed by atoms with Gasteiger partial charge in [-0.25, -0.2) is 0 Å². The van der Waals surface area contributed by atoms with Gasteiger partial charge >= 0.3 is 0 Å². The molecule has 1 aromatic rings. The molecule has 0 radical (unpaired) electrons. The molecule has 2 heterocycles. The van der Waals surface area contributed by atoms with Gasteiger partial charge in [-0.05, 0) is 25.8 Å². The molecular weight excluding hydrogens is 206 g/mol. The van der Waals surface area contributed by atoms with Crippen LogP contribution in [0.2, 0.25) is 0 Å². The minimum atomic E-state index is 0.656. The lowest BCUT2D eigenvalue weighted by atomic mass is 9.96. The van der Waals surface area contributed by atoms with E-state index in [-0.39, 0.29) is 0 Å². The summed E-state index contributed by atoms with van der Waals surface area (Å²) in [4.78, 5) is 4.38. The van der Waals surface area contributed by atoms with E-state index < -0.39 is 0 Å².